The highest BCUT2D eigenvalue weighted by Crippen LogP contribution is 2.37. The summed E-state index contributed by atoms with van der Waals surface area (Å²) >= 11 is 0. The molecule has 2 unspecified atom stereocenters. The summed E-state index contributed by atoms with van der Waals surface area (Å²) in [7, 11) is -0.787. The monoisotopic (exact) mass is 230 g/mol. The lowest BCUT2D eigenvalue weighted by atomic mass is 10.0. The van der Waals surface area contributed by atoms with Crippen molar-refractivity contribution in [2.75, 3.05) is 33.2 Å². The van der Waals surface area contributed by atoms with Crippen molar-refractivity contribution in [3.8, 4) is 0 Å². The Balaban J connectivity index is 1.72. The minimum Gasteiger partial charge on any atom is -0.306 e. The molecular weight excluding hydrogens is 212 g/mol. The number of rotatable bonds is 2. The molecule has 1 aliphatic carbocycles. The molecule has 0 aromatic carbocycles. The van der Waals surface area contributed by atoms with Gasteiger partial charge >= 0.3 is 0 Å². The van der Waals surface area contributed by atoms with E-state index in [4.69, 9.17) is 0 Å². The van der Waals surface area contributed by atoms with Crippen LogP contribution >= 0.6 is 0 Å². The Morgan fingerprint density at radius 2 is 1.53 bits per heavy atom. The smallest absolute Gasteiger partial charge is 0.217 e. The second-order valence-corrected chi connectivity index (χ2v) is 7.52. The quantitative estimate of drug-likeness (QED) is 0.669. The Bertz CT molecular complexity index is 350. The first-order valence-electron chi connectivity index (χ1n) is 5.75. The molecule has 0 aromatic rings. The van der Waals surface area contributed by atoms with Crippen LogP contribution in [0.25, 0.3) is 0 Å². The fourth-order valence-electron chi connectivity index (χ4n) is 2.97. The van der Waals surface area contributed by atoms with Crippen molar-refractivity contribution in [3.05, 3.63) is 0 Å². The maximum atomic E-state index is 12.0. The zero-order valence-corrected chi connectivity index (χ0v) is 9.91. The molecule has 3 aliphatic rings. The molecule has 0 amide bonds. The normalized spacial score (nSPS) is 38.5. The van der Waals surface area contributed by atoms with E-state index >= 15 is 0 Å². The van der Waals surface area contributed by atoms with Gasteiger partial charge in [-0.3, -0.25) is 0 Å². The van der Waals surface area contributed by atoms with E-state index in [0.29, 0.717) is 11.8 Å². The van der Waals surface area contributed by atoms with Crippen molar-refractivity contribution in [2.45, 2.75) is 18.1 Å². The molecule has 15 heavy (non-hydrogen) atoms. The lowest BCUT2D eigenvalue weighted by molar-refractivity contribution is 0.349. The Morgan fingerprint density at radius 1 is 1.00 bits per heavy atom. The van der Waals surface area contributed by atoms with Gasteiger partial charge < -0.3 is 4.90 Å². The number of likely N-dealkylation sites (tertiary alicyclic amines) is 1. The van der Waals surface area contributed by atoms with Gasteiger partial charge in [0.1, 0.15) is 0 Å². The van der Waals surface area contributed by atoms with E-state index in [9.17, 15) is 8.42 Å². The predicted molar refractivity (Wildman–Crippen MR) is 58.0 cm³/mol. The third-order valence-corrected chi connectivity index (χ3v) is 6.27. The third kappa shape index (κ3) is 1.61. The lowest BCUT2D eigenvalue weighted by Crippen LogP contribution is -2.34. The van der Waals surface area contributed by atoms with Gasteiger partial charge in [0.25, 0.3) is 0 Å². The fraction of sp³-hybridized carbons (Fsp3) is 1.00. The van der Waals surface area contributed by atoms with Gasteiger partial charge in [0, 0.05) is 26.2 Å². The summed E-state index contributed by atoms with van der Waals surface area (Å²) in [4.78, 5) is 2.32. The van der Waals surface area contributed by atoms with Crippen LogP contribution in [0.5, 0.6) is 0 Å². The first-order valence-corrected chi connectivity index (χ1v) is 7.25. The molecule has 0 aromatic heterocycles. The van der Waals surface area contributed by atoms with Crippen molar-refractivity contribution in [3.63, 3.8) is 0 Å². The highest BCUT2D eigenvalue weighted by molar-refractivity contribution is 7.90. The van der Waals surface area contributed by atoms with Gasteiger partial charge in [-0.1, -0.05) is 0 Å². The molecule has 0 spiro atoms. The van der Waals surface area contributed by atoms with E-state index < -0.39 is 10.0 Å². The first-order chi connectivity index (χ1) is 7.07. The molecule has 0 radical (unpaired) electrons. The largest absolute Gasteiger partial charge is 0.306 e. The van der Waals surface area contributed by atoms with Crippen LogP contribution in [0.4, 0.5) is 0 Å². The van der Waals surface area contributed by atoms with Crippen molar-refractivity contribution >= 4 is 10.0 Å². The van der Waals surface area contributed by atoms with Crippen molar-refractivity contribution in [1.82, 2.24) is 9.21 Å². The molecule has 2 heterocycles. The minimum atomic E-state index is -2.91. The van der Waals surface area contributed by atoms with Gasteiger partial charge in [-0.05, 0) is 31.7 Å². The summed E-state index contributed by atoms with van der Waals surface area (Å²) in [5.74, 6) is 1.17. The molecule has 0 N–H and O–H groups in total. The summed E-state index contributed by atoms with van der Waals surface area (Å²) in [6.07, 6.45) is 1.77. The Hall–Kier alpha value is -0.130. The molecule has 3 fully saturated rings. The van der Waals surface area contributed by atoms with Gasteiger partial charge in [-0.15, -0.1) is 0 Å². The molecule has 5 heteroatoms. The van der Waals surface area contributed by atoms with Gasteiger partial charge in [0.15, 0.2) is 0 Å². The molecule has 0 bridgehead atoms. The predicted octanol–water partition coefficient (Wildman–Crippen LogP) is -0.0280. The zero-order valence-electron chi connectivity index (χ0n) is 9.09. The van der Waals surface area contributed by atoms with E-state index in [-0.39, 0.29) is 5.25 Å². The molecule has 86 valence electrons. The first kappa shape index (κ1) is 10.1. The summed E-state index contributed by atoms with van der Waals surface area (Å²) < 4.78 is 25.8. The minimum absolute atomic E-state index is 0.0333. The average Bonchev–Trinajstić information content (AvgIpc) is 2.84. The fourth-order valence-corrected chi connectivity index (χ4v) is 4.92. The van der Waals surface area contributed by atoms with Crippen LogP contribution in [-0.2, 0) is 10.0 Å². The summed E-state index contributed by atoms with van der Waals surface area (Å²) in [5.41, 5.74) is 0. The average molecular weight is 230 g/mol. The van der Waals surface area contributed by atoms with Crippen LogP contribution < -0.4 is 0 Å². The van der Waals surface area contributed by atoms with Gasteiger partial charge in [0.2, 0.25) is 10.0 Å². The molecule has 2 saturated heterocycles. The second kappa shape index (κ2) is 3.18. The number of hydrogen-bond acceptors (Lipinski definition) is 3. The molecule has 2 aliphatic heterocycles. The van der Waals surface area contributed by atoms with Gasteiger partial charge in [-0.2, -0.15) is 0 Å². The number of fused-ring (bicyclic) bond motifs is 1. The van der Waals surface area contributed by atoms with Crippen LogP contribution in [-0.4, -0.2) is 56.1 Å². The number of sulfonamides is 1. The molecule has 4 nitrogen and oxygen atoms in total. The number of nitrogens with zero attached hydrogens (tertiary/aromatic N) is 2. The van der Waals surface area contributed by atoms with E-state index in [2.05, 4.69) is 11.9 Å². The highest BCUT2D eigenvalue weighted by Gasteiger charge is 2.47. The van der Waals surface area contributed by atoms with Crippen molar-refractivity contribution in [2.24, 2.45) is 11.8 Å². The summed E-state index contributed by atoms with van der Waals surface area (Å²) in [6, 6.07) is 0. The summed E-state index contributed by atoms with van der Waals surface area (Å²) in [6.45, 7) is 3.68. The lowest BCUT2D eigenvalue weighted by Gasteiger charge is -2.18. The maximum Gasteiger partial charge on any atom is 0.217 e. The Morgan fingerprint density at radius 3 is 2.00 bits per heavy atom. The van der Waals surface area contributed by atoms with Crippen molar-refractivity contribution in [1.29, 1.82) is 0 Å². The van der Waals surface area contributed by atoms with E-state index in [1.807, 2.05) is 0 Å². The topological polar surface area (TPSA) is 40.6 Å². The third-order valence-electron chi connectivity index (χ3n) is 3.94. The SMILES string of the molecule is CN1CC2CN(S(=O)(=O)C3CC3)CC2C1. The van der Waals surface area contributed by atoms with Crippen molar-refractivity contribution < 1.29 is 8.42 Å². The van der Waals surface area contributed by atoms with Gasteiger partial charge in [0.05, 0.1) is 5.25 Å². The summed E-state index contributed by atoms with van der Waals surface area (Å²) in [5, 5.41) is -0.0333. The molecular formula is C10H18N2O2S. The van der Waals surface area contributed by atoms with E-state index in [1.54, 1.807) is 4.31 Å². The van der Waals surface area contributed by atoms with Crippen LogP contribution in [0.3, 0.4) is 0 Å². The van der Waals surface area contributed by atoms with Gasteiger partial charge in [-0.25, -0.2) is 12.7 Å². The zero-order chi connectivity index (χ0) is 10.6. The second-order valence-electron chi connectivity index (χ2n) is 5.30. The molecule has 3 rings (SSSR count). The highest BCUT2D eigenvalue weighted by atomic mass is 32.2. The number of hydrogen-bond donors (Lipinski definition) is 0. The van der Waals surface area contributed by atoms with E-state index in [0.717, 1.165) is 39.0 Å². The van der Waals surface area contributed by atoms with Crippen LogP contribution in [0.2, 0.25) is 0 Å². The molecule has 2 atom stereocenters. The van der Waals surface area contributed by atoms with Crippen LogP contribution in [0, 0.1) is 11.8 Å². The Labute approximate surface area is 91.3 Å². The molecule has 1 saturated carbocycles. The maximum absolute atomic E-state index is 12.0. The standard InChI is InChI=1S/C10H18N2O2S/c1-11-4-8-6-12(7-9(8)5-11)15(13,14)10-2-3-10/h8-10H,2-7H2,1H3. The van der Waals surface area contributed by atoms with Crippen LogP contribution in [0.1, 0.15) is 12.8 Å². The Kier molecular flexibility index (Phi) is 2.13. The van der Waals surface area contributed by atoms with E-state index in [1.165, 1.54) is 0 Å². The van der Waals surface area contributed by atoms with Crippen LogP contribution in [0.15, 0.2) is 0 Å².